The third-order valence-electron chi connectivity index (χ3n) is 6.33. The van der Waals surface area contributed by atoms with Crippen LogP contribution in [0.3, 0.4) is 0 Å². The molecule has 5 rings (SSSR count). The van der Waals surface area contributed by atoms with Crippen molar-refractivity contribution in [1.29, 1.82) is 0 Å². The number of carbonyl (C=O) groups is 1. The van der Waals surface area contributed by atoms with Crippen molar-refractivity contribution < 1.29 is 9.53 Å². The van der Waals surface area contributed by atoms with Crippen molar-refractivity contribution in [3.05, 3.63) is 113 Å². The zero-order chi connectivity index (χ0) is 25.8. The van der Waals surface area contributed by atoms with Crippen molar-refractivity contribution in [2.75, 3.05) is 5.32 Å². The van der Waals surface area contributed by atoms with E-state index < -0.39 is 0 Å². The summed E-state index contributed by atoms with van der Waals surface area (Å²) in [6.07, 6.45) is 1.73. The summed E-state index contributed by atoms with van der Waals surface area (Å²) in [6, 6.07) is 28.5. The number of amides is 1. The second-order valence-electron chi connectivity index (χ2n) is 9.28. The van der Waals surface area contributed by atoms with E-state index in [1.54, 1.807) is 6.07 Å². The third kappa shape index (κ3) is 5.86. The summed E-state index contributed by atoms with van der Waals surface area (Å²) >= 11 is 0. The van der Waals surface area contributed by atoms with Gasteiger partial charge in [-0.15, -0.1) is 0 Å². The van der Waals surface area contributed by atoms with Crippen molar-refractivity contribution in [2.45, 2.75) is 40.2 Å². The number of hydrogen-bond acceptors (Lipinski definition) is 4. The van der Waals surface area contributed by atoms with Crippen LogP contribution in [-0.4, -0.2) is 20.4 Å². The van der Waals surface area contributed by atoms with Crippen molar-refractivity contribution in [3.63, 3.8) is 0 Å². The first-order chi connectivity index (χ1) is 17.9. The van der Waals surface area contributed by atoms with Crippen LogP contribution in [0.2, 0.25) is 0 Å². The van der Waals surface area contributed by atoms with Crippen LogP contribution in [-0.2, 0) is 24.2 Å². The molecule has 3 heterocycles. The second-order valence-corrected chi connectivity index (χ2v) is 9.28. The maximum absolute atomic E-state index is 11.3. The summed E-state index contributed by atoms with van der Waals surface area (Å²) in [4.78, 5) is 20.8. The fraction of sp³-hybridized carbons (Fsp3) is 0.194. The zero-order valence-electron chi connectivity index (χ0n) is 21.4. The van der Waals surface area contributed by atoms with Crippen molar-refractivity contribution >= 4 is 22.6 Å². The minimum Gasteiger partial charge on any atom is -0.489 e. The summed E-state index contributed by atoms with van der Waals surface area (Å²) in [5.74, 6) is 2.20. The van der Waals surface area contributed by atoms with Crippen LogP contribution >= 0.6 is 0 Å². The lowest BCUT2D eigenvalue weighted by molar-refractivity contribution is -0.114. The SMILES string of the molecule is CC(=O)Nc1ccc2ccc(COc3cccc(CCc4cccc(-n5c(C)ccc5C)n4)c3)cc2n1. The summed E-state index contributed by atoms with van der Waals surface area (Å²) in [5.41, 5.74) is 6.48. The Morgan fingerprint density at radius 2 is 1.62 bits per heavy atom. The number of aryl methyl sites for hydroxylation is 4. The highest BCUT2D eigenvalue weighted by atomic mass is 16.5. The monoisotopic (exact) mass is 490 g/mol. The molecule has 0 saturated heterocycles. The van der Waals surface area contributed by atoms with E-state index >= 15 is 0 Å². The highest BCUT2D eigenvalue weighted by Crippen LogP contribution is 2.21. The Balaban J connectivity index is 1.23. The van der Waals surface area contributed by atoms with Crippen LogP contribution in [0.15, 0.2) is 84.9 Å². The van der Waals surface area contributed by atoms with Crippen LogP contribution < -0.4 is 10.1 Å². The van der Waals surface area contributed by atoms with E-state index in [0.29, 0.717) is 12.4 Å². The van der Waals surface area contributed by atoms with Gasteiger partial charge in [-0.1, -0.05) is 30.3 Å². The molecule has 0 spiro atoms. The summed E-state index contributed by atoms with van der Waals surface area (Å²) in [6.45, 7) is 6.11. The van der Waals surface area contributed by atoms with Crippen molar-refractivity contribution in [1.82, 2.24) is 14.5 Å². The molecule has 0 aliphatic rings. The maximum Gasteiger partial charge on any atom is 0.222 e. The van der Waals surface area contributed by atoms with Gasteiger partial charge in [-0.25, -0.2) is 9.97 Å². The molecular formula is C31H30N4O2. The number of hydrogen-bond donors (Lipinski definition) is 1. The molecule has 37 heavy (non-hydrogen) atoms. The van der Waals surface area contributed by atoms with E-state index in [1.807, 2.05) is 36.4 Å². The Bertz CT molecular complexity index is 1550. The fourth-order valence-corrected chi connectivity index (χ4v) is 4.49. The number of aromatic nitrogens is 3. The quantitative estimate of drug-likeness (QED) is 0.275. The van der Waals surface area contributed by atoms with Gasteiger partial charge in [0.1, 0.15) is 24.0 Å². The Morgan fingerprint density at radius 3 is 2.43 bits per heavy atom. The van der Waals surface area contributed by atoms with E-state index in [9.17, 15) is 4.79 Å². The predicted molar refractivity (Wildman–Crippen MR) is 147 cm³/mol. The van der Waals surface area contributed by atoms with Crippen molar-refractivity contribution in [3.8, 4) is 11.6 Å². The molecule has 0 radical (unpaired) electrons. The highest BCUT2D eigenvalue weighted by Gasteiger charge is 2.07. The molecule has 186 valence electrons. The van der Waals surface area contributed by atoms with Gasteiger partial charge >= 0.3 is 0 Å². The Hall–Kier alpha value is -4.45. The first kappa shape index (κ1) is 24.3. The molecule has 0 bridgehead atoms. The average molecular weight is 491 g/mol. The molecular weight excluding hydrogens is 460 g/mol. The fourth-order valence-electron chi connectivity index (χ4n) is 4.49. The number of rotatable bonds is 8. The second kappa shape index (κ2) is 10.7. The van der Waals surface area contributed by atoms with Gasteiger partial charge in [0.2, 0.25) is 5.91 Å². The largest absolute Gasteiger partial charge is 0.489 e. The minimum absolute atomic E-state index is 0.138. The molecule has 5 aromatic rings. The molecule has 6 heteroatoms. The van der Waals surface area contributed by atoms with Gasteiger partial charge < -0.3 is 14.6 Å². The van der Waals surface area contributed by atoms with Crippen LogP contribution in [0, 0.1) is 13.8 Å². The van der Waals surface area contributed by atoms with Crippen LogP contribution in [0.5, 0.6) is 5.75 Å². The van der Waals surface area contributed by atoms with Crippen LogP contribution in [0.4, 0.5) is 5.82 Å². The maximum atomic E-state index is 11.3. The number of ether oxygens (including phenoxy) is 1. The molecule has 0 aliphatic heterocycles. The first-order valence-corrected chi connectivity index (χ1v) is 12.4. The predicted octanol–water partition coefficient (Wildman–Crippen LogP) is 6.36. The molecule has 0 atom stereocenters. The Labute approximate surface area is 217 Å². The molecule has 1 N–H and O–H groups in total. The van der Waals surface area contributed by atoms with E-state index in [2.05, 4.69) is 71.2 Å². The average Bonchev–Trinajstić information content (AvgIpc) is 3.23. The Kier molecular flexibility index (Phi) is 6.99. The van der Waals surface area contributed by atoms with Gasteiger partial charge in [0.05, 0.1) is 5.52 Å². The first-order valence-electron chi connectivity index (χ1n) is 12.4. The minimum atomic E-state index is -0.138. The lowest BCUT2D eigenvalue weighted by atomic mass is 10.1. The van der Waals surface area contributed by atoms with Gasteiger partial charge in [-0.2, -0.15) is 0 Å². The molecule has 0 saturated carbocycles. The van der Waals surface area contributed by atoms with E-state index in [1.165, 1.54) is 23.9 Å². The van der Waals surface area contributed by atoms with Gasteiger partial charge in [0, 0.05) is 29.4 Å². The highest BCUT2D eigenvalue weighted by molar-refractivity contribution is 5.89. The molecule has 0 fully saturated rings. The summed E-state index contributed by atoms with van der Waals surface area (Å²) in [5, 5.41) is 3.75. The van der Waals surface area contributed by atoms with Gasteiger partial charge in [-0.3, -0.25) is 4.79 Å². The molecule has 2 aromatic carbocycles. The summed E-state index contributed by atoms with van der Waals surface area (Å²) in [7, 11) is 0. The van der Waals surface area contributed by atoms with Crippen molar-refractivity contribution in [2.24, 2.45) is 0 Å². The number of benzene rings is 2. The van der Waals surface area contributed by atoms with E-state index in [-0.39, 0.29) is 5.91 Å². The van der Waals surface area contributed by atoms with Gasteiger partial charge in [0.15, 0.2) is 0 Å². The standard InChI is InChI=1S/C31H30N4O2/c1-21-10-11-22(2)35(21)31-9-5-7-27(33-31)16-13-24-6-4-8-28(18-24)37-20-25-12-14-26-15-17-30(32-23(3)36)34-29(26)19-25/h4-12,14-15,17-19H,13,16,20H2,1-3H3,(H,32,34,36). The lowest BCUT2D eigenvalue weighted by Crippen LogP contribution is -2.07. The Morgan fingerprint density at radius 1 is 0.838 bits per heavy atom. The summed E-state index contributed by atoms with van der Waals surface area (Å²) < 4.78 is 8.29. The number of anilines is 1. The van der Waals surface area contributed by atoms with Crippen LogP contribution in [0.1, 0.15) is 35.1 Å². The lowest BCUT2D eigenvalue weighted by Gasteiger charge is -2.11. The zero-order valence-corrected chi connectivity index (χ0v) is 21.4. The topological polar surface area (TPSA) is 69.0 Å². The number of fused-ring (bicyclic) bond motifs is 1. The normalized spacial score (nSPS) is 11.0. The number of nitrogens with zero attached hydrogens (tertiary/aromatic N) is 3. The van der Waals surface area contributed by atoms with Crippen LogP contribution in [0.25, 0.3) is 16.7 Å². The van der Waals surface area contributed by atoms with Gasteiger partial charge in [0.25, 0.3) is 0 Å². The number of carbonyl (C=O) groups excluding carboxylic acids is 1. The van der Waals surface area contributed by atoms with E-state index in [4.69, 9.17) is 9.72 Å². The molecule has 6 nitrogen and oxygen atoms in total. The van der Waals surface area contributed by atoms with Gasteiger partial charge in [-0.05, 0) is 92.4 Å². The molecule has 1 amide bonds. The third-order valence-corrected chi connectivity index (χ3v) is 6.33. The number of pyridine rings is 2. The molecule has 3 aromatic heterocycles. The molecule has 0 unspecified atom stereocenters. The smallest absolute Gasteiger partial charge is 0.222 e. The van der Waals surface area contributed by atoms with E-state index in [0.717, 1.165) is 46.6 Å². The number of nitrogens with one attached hydrogen (secondary N) is 1. The molecule has 0 aliphatic carbocycles.